The Morgan fingerprint density at radius 1 is 1.09 bits per heavy atom. The van der Waals surface area contributed by atoms with Crippen LogP contribution in [0.3, 0.4) is 0 Å². The van der Waals surface area contributed by atoms with Crippen LogP contribution in [0.4, 0.5) is 18.9 Å². The molecule has 0 aliphatic carbocycles. The minimum absolute atomic E-state index is 0.141. The van der Waals surface area contributed by atoms with E-state index in [-0.39, 0.29) is 12.0 Å². The Labute approximate surface area is 135 Å². The molecule has 0 unspecified atom stereocenters. The molecule has 0 saturated heterocycles. The van der Waals surface area contributed by atoms with Gasteiger partial charge in [0, 0.05) is 10.7 Å². The molecule has 3 rings (SSSR count). The second-order valence-electron chi connectivity index (χ2n) is 5.54. The molecule has 22 heavy (non-hydrogen) atoms. The molecule has 0 radical (unpaired) electrons. The fourth-order valence-corrected chi connectivity index (χ4v) is 3.12. The Morgan fingerprint density at radius 3 is 2.41 bits per heavy atom. The van der Waals surface area contributed by atoms with Gasteiger partial charge in [0.2, 0.25) is 0 Å². The summed E-state index contributed by atoms with van der Waals surface area (Å²) in [4.78, 5) is 4.09. The third kappa shape index (κ3) is 2.47. The van der Waals surface area contributed by atoms with Gasteiger partial charge in [-0.2, -0.15) is 13.2 Å². The first-order chi connectivity index (χ1) is 10.3. The van der Waals surface area contributed by atoms with Crippen LogP contribution in [-0.2, 0) is 11.8 Å². The number of benzene rings is 2. The van der Waals surface area contributed by atoms with Gasteiger partial charge >= 0.3 is 6.18 Å². The fraction of sp³-hybridized carbons (Fsp3) is 0.235. The molecule has 1 nitrogen and oxygen atoms in total. The first-order valence-electron chi connectivity index (χ1n) is 6.79. The third-order valence-electron chi connectivity index (χ3n) is 4.01. The predicted octanol–water partition coefficient (Wildman–Crippen LogP) is 5.52. The van der Waals surface area contributed by atoms with E-state index >= 15 is 0 Å². The van der Waals surface area contributed by atoms with Gasteiger partial charge in [0.25, 0.3) is 0 Å². The number of hydrogen-bond acceptors (Lipinski definition) is 1. The number of rotatable bonds is 1. The molecule has 0 saturated carbocycles. The maximum absolute atomic E-state index is 13.9. The summed E-state index contributed by atoms with van der Waals surface area (Å²) in [5, 5.41) is 0. The second kappa shape index (κ2) is 5.23. The summed E-state index contributed by atoms with van der Waals surface area (Å²) in [6, 6.07) is 11.7. The van der Waals surface area contributed by atoms with Gasteiger partial charge in [-0.25, -0.2) is 0 Å². The van der Waals surface area contributed by atoms with E-state index < -0.39 is 11.6 Å². The molecule has 5 heteroatoms. The van der Waals surface area contributed by atoms with Crippen LogP contribution in [0.1, 0.15) is 16.7 Å². The minimum atomic E-state index is -4.41. The van der Waals surface area contributed by atoms with Crippen LogP contribution in [0.15, 0.2) is 51.9 Å². The molecule has 1 heterocycles. The summed E-state index contributed by atoms with van der Waals surface area (Å²) in [5.74, 6) is 0. The van der Waals surface area contributed by atoms with E-state index in [1.54, 1.807) is 30.3 Å². The van der Waals surface area contributed by atoms with E-state index in [4.69, 9.17) is 0 Å². The lowest BCUT2D eigenvalue weighted by Gasteiger charge is -2.35. The summed E-state index contributed by atoms with van der Waals surface area (Å²) in [7, 11) is 0. The fourth-order valence-electron chi connectivity index (χ4n) is 2.71. The average Bonchev–Trinajstić information content (AvgIpc) is 2.46. The second-order valence-corrected chi connectivity index (χ2v) is 6.46. The highest BCUT2D eigenvalue weighted by molar-refractivity contribution is 9.10. The molecule has 1 aliphatic heterocycles. The zero-order valence-electron chi connectivity index (χ0n) is 11.8. The van der Waals surface area contributed by atoms with Gasteiger partial charge in [-0.15, -0.1) is 0 Å². The molecule has 2 aromatic rings. The van der Waals surface area contributed by atoms with Crippen LogP contribution in [0.2, 0.25) is 0 Å². The minimum Gasteiger partial charge on any atom is -0.260 e. The van der Waals surface area contributed by atoms with Gasteiger partial charge in [0.1, 0.15) is 5.41 Å². The SMILES string of the molecule is Cc1ccc([C@@]2(C(F)(F)F)C=Nc3ccc(Br)cc3C2)cc1. The highest BCUT2D eigenvalue weighted by Crippen LogP contribution is 2.46. The molecular formula is C17H13BrF3N. The number of aryl methyl sites for hydroxylation is 1. The molecule has 1 aliphatic rings. The number of hydrogen-bond donors (Lipinski definition) is 0. The monoisotopic (exact) mass is 367 g/mol. The summed E-state index contributed by atoms with van der Waals surface area (Å²) in [5.41, 5.74) is 0.260. The maximum atomic E-state index is 13.9. The predicted molar refractivity (Wildman–Crippen MR) is 84.9 cm³/mol. The van der Waals surface area contributed by atoms with Crippen LogP contribution in [0.5, 0.6) is 0 Å². The Hall–Kier alpha value is -1.62. The number of halogens is 4. The summed E-state index contributed by atoms with van der Waals surface area (Å²) in [6.45, 7) is 1.85. The lowest BCUT2D eigenvalue weighted by Crippen LogP contribution is -2.47. The topological polar surface area (TPSA) is 12.4 Å². The normalized spacial score (nSPS) is 20.8. The van der Waals surface area contributed by atoms with Crippen molar-refractivity contribution < 1.29 is 13.2 Å². The highest BCUT2D eigenvalue weighted by Gasteiger charge is 2.56. The van der Waals surface area contributed by atoms with Crippen molar-refractivity contribution >= 4 is 27.8 Å². The Kier molecular flexibility index (Phi) is 3.63. The van der Waals surface area contributed by atoms with Crippen LogP contribution in [-0.4, -0.2) is 12.4 Å². The van der Waals surface area contributed by atoms with Crippen molar-refractivity contribution in [2.75, 3.05) is 0 Å². The Balaban J connectivity index is 2.16. The van der Waals surface area contributed by atoms with Crippen molar-refractivity contribution in [1.29, 1.82) is 0 Å². The van der Waals surface area contributed by atoms with E-state index in [2.05, 4.69) is 20.9 Å². The van der Waals surface area contributed by atoms with E-state index in [0.717, 1.165) is 16.3 Å². The van der Waals surface area contributed by atoms with Gasteiger partial charge in [0.05, 0.1) is 5.69 Å². The van der Waals surface area contributed by atoms with Crippen molar-refractivity contribution in [3.8, 4) is 0 Å². The van der Waals surface area contributed by atoms with Crippen molar-refractivity contribution in [3.63, 3.8) is 0 Å². The van der Waals surface area contributed by atoms with Gasteiger partial charge in [-0.3, -0.25) is 4.99 Å². The van der Waals surface area contributed by atoms with Gasteiger partial charge in [0.15, 0.2) is 0 Å². The van der Waals surface area contributed by atoms with Crippen molar-refractivity contribution in [3.05, 3.63) is 63.6 Å². The number of nitrogens with zero attached hydrogens (tertiary/aromatic N) is 1. The maximum Gasteiger partial charge on any atom is 0.403 e. The zero-order chi connectivity index (χ0) is 16.0. The van der Waals surface area contributed by atoms with Gasteiger partial charge in [-0.1, -0.05) is 45.8 Å². The van der Waals surface area contributed by atoms with E-state index in [9.17, 15) is 13.2 Å². The Bertz CT molecular complexity index is 735. The molecule has 0 bridgehead atoms. The van der Waals surface area contributed by atoms with E-state index in [1.165, 1.54) is 12.1 Å². The molecule has 0 N–H and O–H groups in total. The van der Waals surface area contributed by atoms with Crippen molar-refractivity contribution in [2.45, 2.75) is 24.9 Å². The molecular weight excluding hydrogens is 355 g/mol. The highest BCUT2D eigenvalue weighted by atomic mass is 79.9. The van der Waals surface area contributed by atoms with Crippen molar-refractivity contribution in [2.24, 2.45) is 4.99 Å². The van der Waals surface area contributed by atoms with E-state index in [1.807, 2.05) is 6.92 Å². The van der Waals surface area contributed by atoms with Crippen LogP contribution >= 0.6 is 15.9 Å². The lowest BCUT2D eigenvalue weighted by molar-refractivity contribution is -0.168. The van der Waals surface area contributed by atoms with Gasteiger partial charge < -0.3 is 0 Å². The molecule has 0 spiro atoms. The van der Waals surface area contributed by atoms with Crippen LogP contribution < -0.4 is 0 Å². The zero-order valence-corrected chi connectivity index (χ0v) is 13.4. The quantitative estimate of drug-likeness (QED) is 0.629. The number of aliphatic imine (C=N–C) groups is 1. The van der Waals surface area contributed by atoms with E-state index in [0.29, 0.717) is 11.3 Å². The number of alkyl halides is 3. The molecule has 114 valence electrons. The first kappa shape index (κ1) is 15.3. The Morgan fingerprint density at radius 2 is 1.77 bits per heavy atom. The molecule has 1 atom stereocenters. The lowest BCUT2D eigenvalue weighted by atomic mass is 9.74. The van der Waals surface area contributed by atoms with Crippen LogP contribution in [0.25, 0.3) is 0 Å². The average molecular weight is 368 g/mol. The first-order valence-corrected chi connectivity index (χ1v) is 7.59. The molecule has 0 amide bonds. The van der Waals surface area contributed by atoms with Crippen LogP contribution in [0, 0.1) is 6.92 Å². The third-order valence-corrected chi connectivity index (χ3v) is 4.50. The largest absolute Gasteiger partial charge is 0.403 e. The van der Waals surface area contributed by atoms with Gasteiger partial charge in [-0.05, 0) is 42.7 Å². The standard InChI is InChI=1S/C17H13BrF3N/c1-11-2-4-13(5-3-11)16(17(19,20)21)9-12-8-14(18)6-7-15(12)22-10-16/h2-8,10H,9H2,1H3/t16-/m0/s1. The molecule has 0 fully saturated rings. The van der Waals surface area contributed by atoms with Crippen molar-refractivity contribution in [1.82, 2.24) is 0 Å². The summed E-state index contributed by atoms with van der Waals surface area (Å²) in [6.07, 6.45) is -3.50. The molecule has 2 aromatic carbocycles. The molecule has 0 aromatic heterocycles. The summed E-state index contributed by atoms with van der Waals surface area (Å²) >= 11 is 3.31. The summed E-state index contributed by atoms with van der Waals surface area (Å²) < 4.78 is 42.4. The smallest absolute Gasteiger partial charge is 0.260 e. The number of fused-ring (bicyclic) bond motifs is 1.